The normalized spacial score (nSPS) is 24.2. The van der Waals surface area contributed by atoms with Crippen LogP contribution in [0.1, 0.15) is 38.8 Å². The maximum absolute atomic E-state index is 4.75. The summed E-state index contributed by atoms with van der Waals surface area (Å²) in [5.41, 5.74) is 6.72. The number of piperazine rings is 1. The van der Waals surface area contributed by atoms with Crippen molar-refractivity contribution in [3.63, 3.8) is 0 Å². The molecule has 136 valence electrons. The summed E-state index contributed by atoms with van der Waals surface area (Å²) in [6, 6.07) is 4.90. The van der Waals surface area contributed by atoms with Crippen molar-refractivity contribution in [3.05, 3.63) is 65.5 Å². The smallest absolute Gasteiger partial charge is 0.0895 e. The maximum Gasteiger partial charge on any atom is 0.0895 e. The standard InChI is InChI=1S/C23H29N3/c1-18-5-9-20(10-6-18)23-22(4-3-13-24-23)26-16-14-25(15-17-26)21-11-7-19(2)8-12-21/h3-5,7-9,11,13,21H,6,10,12,14-17H2,1-2H3. The summed E-state index contributed by atoms with van der Waals surface area (Å²) in [5.74, 6) is 0. The van der Waals surface area contributed by atoms with Crippen LogP contribution in [0.25, 0.3) is 5.57 Å². The monoisotopic (exact) mass is 347 g/mol. The molecule has 26 heavy (non-hydrogen) atoms. The lowest BCUT2D eigenvalue weighted by molar-refractivity contribution is 0.215. The average molecular weight is 348 g/mol. The van der Waals surface area contributed by atoms with Crippen molar-refractivity contribution in [1.82, 2.24) is 9.88 Å². The van der Waals surface area contributed by atoms with Gasteiger partial charge < -0.3 is 4.90 Å². The highest BCUT2D eigenvalue weighted by Crippen LogP contribution is 2.32. The first kappa shape index (κ1) is 17.3. The van der Waals surface area contributed by atoms with E-state index in [4.69, 9.17) is 4.98 Å². The van der Waals surface area contributed by atoms with Crippen molar-refractivity contribution in [2.24, 2.45) is 0 Å². The Morgan fingerprint density at radius 3 is 2.58 bits per heavy atom. The molecule has 3 nitrogen and oxygen atoms in total. The van der Waals surface area contributed by atoms with E-state index in [1.807, 2.05) is 6.20 Å². The summed E-state index contributed by atoms with van der Waals surface area (Å²) in [7, 11) is 0. The van der Waals surface area contributed by atoms with Gasteiger partial charge in [0.25, 0.3) is 0 Å². The molecule has 1 fully saturated rings. The van der Waals surface area contributed by atoms with E-state index in [2.05, 4.69) is 66.2 Å². The van der Waals surface area contributed by atoms with Gasteiger partial charge in [-0.25, -0.2) is 0 Å². The first-order valence-corrected chi connectivity index (χ1v) is 9.86. The zero-order chi connectivity index (χ0) is 17.9. The number of hydrogen-bond acceptors (Lipinski definition) is 3. The lowest BCUT2D eigenvalue weighted by Gasteiger charge is -2.40. The van der Waals surface area contributed by atoms with Crippen molar-refractivity contribution < 1.29 is 0 Å². The van der Waals surface area contributed by atoms with Gasteiger partial charge in [0.15, 0.2) is 0 Å². The third-order valence-electron chi connectivity index (χ3n) is 5.83. The van der Waals surface area contributed by atoms with Gasteiger partial charge in [-0.2, -0.15) is 0 Å². The molecule has 2 heterocycles. The third kappa shape index (κ3) is 3.68. The molecule has 3 heteroatoms. The van der Waals surface area contributed by atoms with Gasteiger partial charge in [0.1, 0.15) is 0 Å². The molecule has 3 aliphatic rings. The molecule has 0 N–H and O–H groups in total. The van der Waals surface area contributed by atoms with Gasteiger partial charge >= 0.3 is 0 Å². The van der Waals surface area contributed by atoms with Crippen molar-refractivity contribution in [1.29, 1.82) is 0 Å². The quantitative estimate of drug-likeness (QED) is 0.796. The molecule has 0 aromatic carbocycles. The van der Waals surface area contributed by atoms with E-state index in [1.165, 1.54) is 28.1 Å². The van der Waals surface area contributed by atoms with Crippen LogP contribution in [-0.2, 0) is 0 Å². The first-order valence-electron chi connectivity index (χ1n) is 9.86. The predicted octanol–water partition coefficient (Wildman–Crippen LogP) is 4.60. The number of rotatable bonds is 3. The molecule has 0 radical (unpaired) electrons. The Morgan fingerprint density at radius 2 is 1.88 bits per heavy atom. The molecule has 1 aliphatic heterocycles. The zero-order valence-electron chi connectivity index (χ0n) is 16.0. The minimum atomic E-state index is 0.573. The topological polar surface area (TPSA) is 19.4 Å². The summed E-state index contributed by atoms with van der Waals surface area (Å²) in [4.78, 5) is 9.90. The van der Waals surface area contributed by atoms with Crippen LogP contribution in [0.4, 0.5) is 5.69 Å². The van der Waals surface area contributed by atoms with Gasteiger partial charge in [-0.15, -0.1) is 0 Å². The number of anilines is 1. The molecule has 1 aromatic heterocycles. The first-order chi connectivity index (χ1) is 12.7. The molecular weight excluding hydrogens is 318 g/mol. The second-order valence-corrected chi connectivity index (χ2v) is 7.71. The molecular formula is C23H29N3. The van der Waals surface area contributed by atoms with Crippen LogP contribution in [0.3, 0.4) is 0 Å². The van der Waals surface area contributed by atoms with Crippen LogP contribution >= 0.6 is 0 Å². The van der Waals surface area contributed by atoms with E-state index in [1.54, 1.807) is 0 Å². The van der Waals surface area contributed by atoms with Crippen LogP contribution in [0.2, 0.25) is 0 Å². The van der Waals surface area contributed by atoms with Crippen molar-refractivity contribution in [2.75, 3.05) is 31.1 Å². The summed E-state index contributed by atoms with van der Waals surface area (Å²) in [6.45, 7) is 8.79. The van der Waals surface area contributed by atoms with E-state index >= 15 is 0 Å². The summed E-state index contributed by atoms with van der Waals surface area (Å²) in [5, 5.41) is 0. The van der Waals surface area contributed by atoms with E-state index < -0.39 is 0 Å². The Morgan fingerprint density at radius 1 is 1.04 bits per heavy atom. The number of pyridine rings is 1. The molecule has 0 bridgehead atoms. The van der Waals surface area contributed by atoms with Gasteiger partial charge in [0.05, 0.1) is 11.4 Å². The molecule has 1 atom stereocenters. The highest BCUT2D eigenvalue weighted by molar-refractivity contribution is 5.76. The predicted molar refractivity (Wildman–Crippen MR) is 110 cm³/mol. The minimum Gasteiger partial charge on any atom is -0.367 e. The van der Waals surface area contributed by atoms with Gasteiger partial charge in [0, 0.05) is 38.4 Å². The summed E-state index contributed by atoms with van der Waals surface area (Å²) < 4.78 is 0. The van der Waals surface area contributed by atoms with Gasteiger partial charge in [0.2, 0.25) is 0 Å². The number of nitrogens with zero attached hydrogens (tertiary/aromatic N) is 3. The van der Waals surface area contributed by atoms with Crippen LogP contribution in [0.15, 0.2) is 59.9 Å². The lowest BCUT2D eigenvalue weighted by Crippen LogP contribution is -2.50. The molecule has 0 spiro atoms. The van der Waals surface area contributed by atoms with Crippen LogP contribution in [-0.4, -0.2) is 42.1 Å². The second-order valence-electron chi connectivity index (χ2n) is 7.71. The Kier molecular flexibility index (Phi) is 5.07. The maximum atomic E-state index is 4.75. The van der Waals surface area contributed by atoms with E-state index in [-0.39, 0.29) is 0 Å². The zero-order valence-corrected chi connectivity index (χ0v) is 16.0. The van der Waals surface area contributed by atoms with Gasteiger partial charge in [-0.05, 0) is 50.8 Å². The van der Waals surface area contributed by atoms with E-state index in [9.17, 15) is 0 Å². The van der Waals surface area contributed by atoms with E-state index in [0.29, 0.717) is 6.04 Å². The summed E-state index contributed by atoms with van der Waals surface area (Å²) in [6.07, 6.45) is 16.9. The fraction of sp³-hybridized carbons (Fsp3) is 0.435. The highest BCUT2D eigenvalue weighted by atomic mass is 15.3. The van der Waals surface area contributed by atoms with Gasteiger partial charge in [-0.3, -0.25) is 9.88 Å². The second kappa shape index (κ2) is 7.63. The number of hydrogen-bond donors (Lipinski definition) is 0. The molecule has 1 aromatic rings. The lowest BCUT2D eigenvalue weighted by atomic mass is 9.95. The fourth-order valence-corrected chi connectivity index (χ4v) is 4.12. The molecule has 1 unspecified atom stereocenters. The van der Waals surface area contributed by atoms with Crippen LogP contribution < -0.4 is 4.90 Å². The molecule has 2 aliphatic carbocycles. The van der Waals surface area contributed by atoms with E-state index in [0.717, 1.165) is 45.4 Å². The van der Waals surface area contributed by atoms with Crippen molar-refractivity contribution >= 4 is 11.3 Å². The Balaban J connectivity index is 1.46. The van der Waals surface area contributed by atoms with Crippen LogP contribution in [0.5, 0.6) is 0 Å². The van der Waals surface area contributed by atoms with Gasteiger partial charge in [-0.1, -0.05) is 41.5 Å². The molecule has 0 amide bonds. The largest absolute Gasteiger partial charge is 0.367 e. The number of aromatic nitrogens is 1. The molecule has 0 saturated carbocycles. The van der Waals surface area contributed by atoms with Crippen molar-refractivity contribution in [2.45, 2.75) is 39.2 Å². The Hall–Kier alpha value is -2.13. The Bertz CT molecular complexity index is 776. The molecule has 1 saturated heterocycles. The summed E-state index contributed by atoms with van der Waals surface area (Å²) >= 11 is 0. The fourth-order valence-electron chi connectivity index (χ4n) is 4.12. The van der Waals surface area contributed by atoms with Crippen molar-refractivity contribution in [3.8, 4) is 0 Å². The minimum absolute atomic E-state index is 0.573. The molecule has 4 rings (SSSR count). The average Bonchev–Trinajstić information content (AvgIpc) is 2.69. The Labute approximate surface area is 157 Å². The number of allylic oxidation sites excluding steroid dienone is 6. The SMILES string of the molecule is CC1=CCC(N2CCN(c3cccnc3C3=CC=C(C)CC3)CC2)C=C1. The third-order valence-corrected chi connectivity index (χ3v) is 5.83. The van der Waals surface area contributed by atoms with Crippen LogP contribution in [0, 0.1) is 0 Å². The highest BCUT2D eigenvalue weighted by Gasteiger charge is 2.25.